The molecule has 0 radical (unpaired) electrons. The molecule has 1 amide bonds. The van der Waals surface area contributed by atoms with Gasteiger partial charge in [0.2, 0.25) is 0 Å². The SMILES string of the molecule is CC(C)c1ncc(C(=O)Nc2c(-c3ccccc3F)ccnc2N2CCC(F)(F)C2)cn1. The number of carbonyl (C=O) groups is 1. The summed E-state index contributed by atoms with van der Waals surface area (Å²) in [6.07, 6.45) is 3.90. The van der Waals surface area contributed by atoms with Crippen molar-refractivity contribution in [2.75, 3.05) is 23.3 Å². The standard InChI is InChI=1S/C23H22F3N5O/c1-14(2)20-28-11-15(12-29-20)22(32)30-19-17(16-5-3-4-6-18(16)24)7-9-27-21(19)31-10-8-23(25,26)13-31/h3-7,9,11-12,14H,8,10,13H2,1-2H3,(H,30,32). The highest BCUT2D eigenvalue weighted by Crippen LogP contribution is 2.39. The van der Waals surface area contributed by atoms with E-state index in [0.717, 1.165) is 0 Å². The van der Waals surface area contributed by atoms with E-state index in [-0.39, 0.29) is 41.5 Å². The van der Waals surface area contributed by atoms with Gasteiger partial charge in [-0.3, -0.25) is 4.79 Å². The van der Waals surface area contributed by atoms with Gasteiger partial charge in [0.05, 0.1) is 17.8 Å². The lowest BCUT2D eigenvalue weighted by Crippen LogP contribution is -2.27. The van der Waals surface area contributed by atoms with E-state index < -0.39 is 24.2 Å². The normalized spacial score (nSPS) is 15.2. The van der Waals surface area contributed by atoms with Gasteiger partial charge in [-0.15, -0.1) is 0 Å². The molecule has 0 saturated carbocycles. The predicted octanol–water partition coefficient (Wildman–Crippen LogP) is 4.90. The first-order valence-electron chi connectivity index (χ1n) is 10.2. The highest BCUT2D eigenvalue weighted by molar-refractivity contribution is 6.08. The van der Waals surface area contributed by atoms with Gasteiger partial charge in [-0.25, -0.2) is 28.1 Å². The van der Waals surface area contributed by atoms with Crippen molar-refractivity contribution in [3.8, 4) is 11.1 Å². The van der Waals surface area contributed by atoms with Crippen LogP contribution in [0, 0.1) is 5.82 Å². The summed E-state index contributed by atoms with van der Waals surface area (Å²) in [6.45, 7) is 3.40. The van der Waals surface area contributed by atoms with Gasteiger partial charge in [-0.2, -0.15) is 0 Å². The van der Waals surface area contributed by atoms with Crippen molar-refractivity contribution in [1.29, 1.82) is 0 Å². The molecule has 3 aromatic rings. The van der Waals surface area contributed by atoms with Gasteiger partial charge in [0.15, 0.2) is 5.82 Å². The van der Waals surface area contributed by atoms with Gasteiger partial charge in [0.1, 0.15) is 11.6 Å². The Bertz CT molecular complexity index is 1130. The largest absolute Gasteiger partial charge is 0.349 e. The second-order valence-corrected chi connectivity index (χ2v) is 8.00. The molecule has 32 heavy (non-hydrogen) atoms. The summed E-state index contributed by atoms with van der Waals surface area (Å²) in [5, 5.41) is 2.74. The van der Waals surface area contributed by atoms with Gasteiger partial charge < -0.3 is 10.2 Å². The summed E-state index contributed by atoms with van der Waals surface area (Å²) in [7, 11) is 0. The van der Waals surface area contributed by atoms with E-state index in [1.54, 1.807) is 24.3 Å². The summed E-state index contributed by atoms with van der Waals surface area (Å²) < 4.78 is 42.4. The van der Waals surface area contributed by atoms with Crippen molar-refractivity contribution in [3.05, 3.63) is 66.1 Å². The predicted molar refractivity (Wildman–Crippen MR) is 115 cm³/mol. The lowest BCUT2D eigenvalue weighted by Gasteiger charge is -2.23. The molecule has 0 aliphatic carbocycles. The van der Waals surface area contributed by atoms with Gasteiger partial charge in [-0.05, 0) is 12.1 Å². The lowest BCUT2D eigenvalue weighted by atomic mass is 10.0. The average Bonchev–Trinajstić information content (AvgIpc) is 3.14. The van der Waals surface area contributed by atoms with Crippen LogP contribution in [-0.2, 0) is 0 Å². The number of benzene rings is 1. The van der Waals surface area contributed by atoms with Crippen LogP contribution < -0.4 is 10.2 Å². The van der Waals surface area contributed by atoms with E-state index in [4.69, 9.17) is 0 Å². The highest BCUT2D eigenvalue weighted by atomic mass is 19.3. The minimum absolute atomic E-state index is 0.0653. The molecule has 0 atom stereocenters. The minimum Gasteiger partial charge on any atom is -0.349 e. The van der Waals surface area contributed by atoms with Crippen molar-refractivity contribution < 1.29 is 18.0 Å². The summed E-state index contributed by atoms with van der Waals surface area (Å²) in [5.74, 6) is -3.06. The van der Waals surface area contributed by atoms with E-state index in [2.05, 4.69) is 20.3 Å². The number of rotatable bonds is 5. The molecular formula is C23H22F3N5O. The molecule has 9 heteroatoms. The van der Waals surface area contributed by atoms with Crippen molar-refractivity contribution in [2.24, 2.45) is 0 Å². The number of anilines is 2. The molecule has 2 aromatic heterocycles. The molecule has 1 aliphatic rings. The Morgan fingerprint density at radius 2 is 1.81 bits per heavy atom. The molecule has 166 valence electrons. The zero-order valence-corrected chi connectivity index (χ0v) is 17.6. The second kappa shape index (κ2) is 8.57. The summed E-state index contributed by atoms with van der Waals surface area (Å²) >= 11 is 0. The van der Waals surface area contributed by atoms with Crippen LogP contribution in [-0.4, -0.2) is 39.9 Å². The molecule has 1 fully saturated rings. The van der Waals surface area contributed by atoms with Gasteiger partial charge in [-0.1, -0.05) is 32.0 Å². The van der Waals surface area contributed by atoms with Crippen LogP contribution in [0.15, 0.2) is 48.9 Å². The fourth-order valence-electron chi connectivity index (χ4n) is 3.57. The maximum Gasteiger partial charge on any atom is 0.266 e. The number of aromatic nitrogens is 3. The Hall–Kier alpha value is -3.49. The maximum absolute atomic E-state index is 14.6. The topological polar surface area (TPSA) is 71.0 Å². The molecule has 3 heterocycles. The van der Waals surface area contributed by atoms with Crippen LogP contribution in [0.5, 0.6) is 0 Å². The van der Waals surface area contributed by atoms with E-state index in [0.29, 0.717) is 11.4 Å². The quantitative estimate of drug-likeness (QED) is 0.610. The first-order valence-corrected chi connectivity index (χ1v) is 10.2. The van der Waals surface area contributed by atoms with E-state index in [1.165, 1.54) is 29.6 Å². The Morgan fingerprint density at radius 3 is 2.44 bits per heavy atom. The molecule has 6 nitrogen and oxygen atoms in total. The Morgan fingerprint density at radius 1 is 1.09 bits per heavy atom. The average molecular weight is 441 g/mol. The minimum atomic E-state index is -2.86. The van der Waals surface area contributed by atoms with E-state index in [1.807, 2.05) is 13.8 Å². The number of hydrogen-bond acceptors (Lipinski definition) is 5. The Kier molecular flexibility index (Phi) is 5.82. The third-order valence-electron chi connectivity index (χ3n) is 5.25. The summed E-state index contributed by atoms with van der Waals surface area (Å²) in [4.78, 5) is 27.0. The van der Waals surface area contributed by atoms with Gasteiger partial charge >= 0.3 is 0 Å². The number of hydrogen-bond donors (Lipinski definition) is 1. The molecule has 1 aliphatic heterocycles. The van der Waals surface area contributed by atoms with Crippen LogP contribution in [0.3, 0.4) is 0 Å². The molecular weight excluding hydrogens is 419 g/mol. The van der Waals surface area contributed by atoms with Crippen LogP contribution in [0.1, 0.15) is 42.4 Å². The van der Waals surface area contributed by atoms with Crippen LogP contribution in [0.2, 0.25) is 0 Å². The first kappa shape index (κ1) is 21.7. The van der Waals surface area contributed by atoms with Gasteiger partial charge in [0, 0.05) is 48.6 Å². The molecule has 0 spiro atoms. The smallest absolute Gasteiger partial charge is 0.266 e. The van der Waals surface area contributed by atoms with Crippen LogP contribution >= 0.6 is 0 Å². The molecule has 0 unspecified atom stereocenters. The fraction of sp³-hybridized carbons (Fsp3) is 0.304. The van der Waals surface area contributed by atoms with Crippen molar-refractivity contribution >= 4 is 17.4 Å². The zero-order valence-electron chi connectivity index (χ0n) is 17.6. The van der Waals surface area contributed by atoms with Crippen molar-refractivity contribution in [1.82, 2.24) is 15.0 Å². The van der Waals surface area contributed by atoms with Crippen molar-refractivity contribution in [3.63, 3.8) is 0 Å². The number of carbonyl (C=O) groups excluding carboxylic acids is 1. The van der Waals surface area contributed by atoms with Crippen LogP contribution in [0.4, 0.5) is 24.7 Å². The van der Waals surface area contributed by atoms with Crippen LogP contribution in [0.25, 0.3) is 11.1 Å². The molecule has 1 saturated heterocycles. The molecule has 1 N–H and O–H groups in total. The maximum atomic E-state index is 14.6. The lowest BCUT2D eigenvalue weighted by molar-refractivity contribution is 0.0257. The third kappa shape index (κ3) is 4.42. The Labute approximate surface area is 183 Å². The Balaban J connectivity index is 1.76. The number of nitrogens with one attached hydrogen (secondary N) is 1. The summed E-state index contributed by atoms with van der Waals surface area (Å²) in [5.41, 5.74) is 0.920. The fourth-order valence-corrected chi connectivity index (χ4v) is 3.57. The second-order valence-electron chi connectivity index (χ2n) is 8.00. The number of alkyl halides is 2. The number of pyridine rings is 1. The zero-order chi connectivity index (χ0) is 22.9. The molecule has 0 bridgehead atoms. The monoisotopic (exact) mass is 441 g/mol. The number of amides is 1. The van der Waals surface area contributed by atoms with Crippen molar-refractivity contribution in [2.45, 2.75) is 32.1 Å². The number of nitrogens with zero attached hydrogens (tertiary/aromatic N) is 4. The van der Waals surface area contributed by atoms with E-state index >= 15 is 0 Å². The highest BCUT2D eigenvalue weighted by Gasteiger charge is 2.40. The third-order valence-corrected chi connectivity index (χ3v) is 5.25. The molecule has 4 rings (SSSR count). The molecule has 1 aromatic carbocycles. The summed E-state index contributed by atoms with van der Waals surface area (Å²) in [6, 6.07) is 7.61. The number of halogens is 3. The first-order chi connectivity index (χ1) is 15.2. The van der Waals surface area contributed by atoms with Gasteiger partial charge in [0.25, 0.3) is 11.8 Å². The van der Waals surface area contributed by atoms with E-state index in [9.17, 15) is 18.0 Å².